The second kappa shape index (κ2) is 25.9. The van der Waals surface area contributed by atoms with Crippen molar-refractivity contribution in [1.82, 2.24) is 0 Å². The molecular formula is C33H66O3. The van der Waals surface area contributed by atoms with Gasteiger partial charge in [0.05, 0.1) is 0 Å². The molecule has 216 valence electrons. The van der Waals surface area contributed by atoms with Gasteiger partial charge in [-0.15, -0.1) is 0 Å². The first-order chi connectivity index (χ1) is 17.5. The van der Waals surface area contributed by atoms with Crippen LogP contribution in [0.2, 0.25) is 0 Å². The average molecular weight is 511 g/mol. The molecule has 0 rings (SSSR count). The van der Waals surface area contributed by atoms with Crippen LogP contribution in [0, 0.1) is 11.8 Å². The number of rotatable bonds is 26. The highest BCUT2D eigenvalue weighted by atomic mass is 16.7. The number of ether oxygens (including phenoxy) is 2. The van der Waals surface area contributed by atoms with Crippen LogP contribution in [0.4, 0.5) is 4.79 Å². The van der Waals surface area contributed by atoms with E-state index in [-0.39, 0.29) is 12.2 Å². The zero-order chi connectivity index (χ0) is 26.9. The molecule has 0 aliphatic rings. The van der Waals surface area contributed by atoms with Crippen LogP contribution in [0.15, 0.2) is 0 Å². The number of carbonyl (C=O) groups excluding carboxylic acids is 1. The summed E-state index contributed by atoms with van der Waals surface area (Å²) >= 11 is 0. The lowest BCUT2D eigenvalue weighted by molar-refractivity contribution is -0.0355. The van der Waals surface area contributed by atoms with Crippen LogP contribution in [-0.2, 0) is 9.47 Å². The monoisotopic (exact) mass is 511 g/mol. The molecule has 0 aromatic rings. The smallest absolute Gasteiger partial charge is 0.431 e. The summed E-state index contributed by atoms with van der Waals surface area (Å²) in [5, 5.41) is 0. The molecule has 0 radical (unpaired) electrons. The van der Waals surface area contributed by atoms with Gasteiger partial charge in [0, 0.05) is 0 Å². The minimum atomic E-state index is -0.414. The third kappa shape index (κ3) is 20.3. The van der Waals surface area contributed by atoms with E-state index in [2.05, 4.69) is 41.5 Å². The molecule has 0 fully saturated rings. The van der Waals surface area contributed by atoms with E-state index in [0.717, 1.165) is 38.5 Å². The molecule has 3 nitrogen and oxygen atoms in total. The van der Waals surface area contributed by atoms with Gasteiger partial charge in [0.15, 0.2) is 0 Å². The van der Waals surface area contributed by atoms with Gasteiger partial charge >= 0.3 is 6.16 Å². The van der Waals surface area contributed by atoms with Gasteiger partial charge in [0.25, 0.3) is 0 Å². The number of hydrogen-bond acceptors (Lipinski definition) is 3. The first kappa shape index (κ1) is 35.3. The third-order valence-corrected chi connectivity index (χ3v) is 7.97. The fourth-order valence-electron chi connectivity index (χ4n) is 5.22. The molecule has 36 heavy (non-hydrogen) atoms. The van der Waals surface area contributed by atoms with Crippen molar-refractivity contribution in [3.63, 3.8) is 0 Å². The van der Waals surface area contributed by atoms with E-state index in [4.69, 9.17) is 9.47 Å². The highest BCUT2D eigenvalue weighted by molar-refractivity contribution is 5.60. The molecular weight excluding hydrogens is 444 g/mol. The molecule has 0 aromatic carbocycles. The predicted molar refractivity (Wildman–Crippen MR) is 158 cm³/mol. The molecule has 4 atom stereocenters. The molecule has 0 spiro atoms. The molecule has 3 heteroatoms. The Kier molecular flexibility index (Phi) is 25.4. The van der Waals surface area contributed by atoms with Gasteiger partial charge in [0.2, 0.25) is 0 Å². The molecule has 4 unspecified atom stereocenters. The summed E-state index contributed by atoms with van der Waals surface area (Å²) < 4.78 is 12.1. The molecule has 0 saturated carbocycles. The Bertz CT molecular complexity index is 424. The SMILES string of the molecule is CCCCCCCCCC(OC(=O)OC(CCCCCCCCC)C(C)CCCC)C(C)CCCC. The molecule has 0 amide bonds. The second-order valence-corrected chi connectivity index (χ2v) is 11.6. The summed E-state index contributed by atoms with van der Waals surface area (Å²) in [5.41, 5.74) is 0. The lowest BCUT2D eigenvalue weighted by atomic mass is 9.93. The normalized spacial score (nSPS) is 14.8. The van der Waals surface area contributed by atoms with Gasteiger partial charge in [0.1, 0.15) is 12.2 Å². The summed E-state index contributed by atoms with van der Waals surface area (Å²) in [6.07, 6.45) is 26.6. The second-order valence-electron chi connectivity index (χ2n) is 11.6. The third-order valence-electron chi connectivity index (χ3n) is 7.97. The number of hydrogen-bond donors (Lipinski definition) is 0. The first-order valence-electron chi connectivity index (χ1n) is 16.4. The zero-order valence-electron chi connectivity index (χ0n) is 25.6. The van der Waals surface area contributed by atoms with Crippen molar-refractivity contribution >= 4 is 6.16 Å². The van der Waals surface area contributed by atoms with Crippen molar-refractivity contribution in [1.29, 1.82) is 0 Å². The minimum absolute atomic E-state index is 0.00939. The Labute approximate surface area is 227 Å². The maximum Gasteiger partial charge on any atom is 0.508 e. The summed E-state index contributed by atoms with van der Waals surface area (Å²) in [4.78, 5) is 13.0. The fourth-order valence-corrected chi connectivity index (χ4v) is 5.22. The fraction of sp³-hybridized carbons (Fsp3) is 0.970. The lowest BCUT2D eigenvalue weighted by Crippen LogP contribution is -2.31. The molecule has 0 aliphatic carbocycles. The van der Waals surface area contributed by atoms with Gasteiger partial charge < -0.3 is 9.47 Å². The van der Waals surface area contributed by atoms with Crippen LogP contribution in [-0.4, -0.2) is 18.4 Å². The highest BCUT2D eigenvalue weighted by Gasteiger charge is 2.26. The van der Waals surface area contributed by atoms with E-state index in [1.54, 1.807) is 0 Å². The van der Waals surface area contributed by atoms with Crippen LogP contribution in [0.25, 0.3) is 0 Å². The summed E-state index contributed by atoms with van der Waals surface area (Å²) in [6.45, 7) is 13.5. The zero-order valence-corrected chi connectivity index (χ0v) is 25.6. The van der Waals surface area contributed by atoms with Crippen LogP contribution in [0.1, 0.15) is 183 Å². The van der Waals surface area contributed by atoms with E-state index in [0.29, 0.717) is 11.8 Å². The maximum absolute atomic E-state index is 13.0. The van der Waals surface area contributed by atoms with Gasteiger partial charge in [-0.2, -0.15) is 0 Å². The molecule has 0 aromatic heterocycles. The Morgan fingerprint density at radius 3 is 1.08 bits per heavy atom. The first-order valence-corrected chi connectivity index (χ1v) is 16.4. The Hall–Kier alpha value is -0.730. The molecule has 0 aliphatic heterocycles. The lowest BCUT2D eigenvalue weighted by Gasteiger charge is -2.28. The van der Waals surface area contributed by atoms with Crippen LogP contribution < -0.4 is 0 Å². The van der Waals surface area contributed by atoms with Crippen LogP contribution in [0.3, 0.4) is 0 Å². The van der Waals surface area contributed by atoms with Crippen LogP contribution in [0.5, 0.6) is 0 Å². The Morgan fingerprint density at radius 2 is 0.750 bits per heavy atom. The number of carbonyl (C=O) groups is 1. The summed E-state index contributed by atoms with van der Waals surface area (Å²) in [6, 6.07) is 0. The molecule has 0 saturated heterocycles. The highest BCUT2D eigenvalue weighted by Crippen LogP contribution is 2.25. The Morgan fingerprint density at radius 1 is 0.444 bits per heavy atom. The standard InChI is InChI=1S/C33H66O3/c1-7-11-15-17-19-21-23-27-31(29(5)25-13-9-3)35-33(34)36-32(30(6)26-14-10-4)28-24-22-20-18-16-12-8-2/h29-32H,7-28H2,1-6H3. The van der Waals surface area contributed by atoms with E-state index in [9.17, 15) is 4.79 Å². The van der Waals surface area contributed by atoms with Gasteiger partial charge in [-0.05, 0) is 50.4 Å². The van der Waals surface area contributed by atoms with Gasteiger partial charge in [-0.3, -0.25) is 0 Å². The van der Waals surface area contributed by atoms with Crippen molar-refractivity contribution in [2.75, 3.05) is 0 Å². The topological polar surface area (TPSA) is 35.5 Å². The predicted octanol–water partition coefficient (Wildman–Crippen LogP) is 11.8. The van der Waals surface area contributed by atoms with Crippen molar-refractivity contribution in [2.24, 2.45) is 11.8 Å². The molecule has 0 heterocycles. The summed E-state index contributed by atoms with van der Waals surface area (Å²) in [7, 11) is 0. The average Bonchev–Trinajstić information content (AvgIpc) is 2.87. The van der Waals surface area contributed by atoms with Gasteiger partial charge in [-0.25, -0.2) is 4.79 Å². The maximum atomic E-state index is 13.0. The van der Waals surface area contributed by atoms with E-state index >= 15 is 0 Å². The molecule has 0 N–H and O–H groups in total. The molecule has 0 bridgehead atoms. The minimum Gasteiger partial charge on any atom is -0.431 e. The quantitative estimate of drug-likeness (QED) is 0.0857. The number of unbranched alkanes of at least 4 members (excludes halogenated alkanes) is 14. The van der Waals surface area contributed by atoms with Gasteiger partial charge in [-0.1, -0.05) is 144 Å². The van der Waals surface area contributed by atoms with Crippen molar-refractivity contribution in [3.8, 4) is 0 Å². The Balaban J connectivity index is 4.76. The van der Waals surface area contributed by atoms with Crippen molar-refractivity contribution < 1.29 is 14.3 Å². The summed E-state index contributed by atoms with van der Waals surface area (Å²) in [5.74, 6) is 0.799. The largest absolute Gasteiger partial charge is 0.508 e. The van der Waals surface area contributed by atoms with E-state index < -0.39 is 6.16 Å². The van der Waals surface area contributed by atoms with E-state index in [1.165, 1.54) is 103 Å². The van der Waals surface area contributed by atoms with Crippen LogP contribution >= 0.6 is 0 Å². The van der Waals surface area contributed by atoms with Crippen molar-refractivity contribution in [3.05, 3.63) is 0 Å². The van der Waals surface area contributed by atoms with Crippen molar-refractivity contribution in [2.45, 2.75) is 195 Å². The van der Waals surface area contributed by atoms with E-state index in [1.807, 2.05) is 0 Å².